The van der Waals surface area contributed by atoms with Crippen molar-refractivity contribution in [1.29, 1.82) is 0 Å². The van der Waals surface area contributed by atoms with E-state index < -0.39 is 18.0 Å². The summed E-state index contributed by atoms with van der Waals surface area (Å²) in [6.45, 7) is 3.84. The van der Waals surface area contributed by atoms with E-state index in [1.54, 1.807) is 6.92 Å². The lowest BCUT2D eigenvalue weighted by atomic mass is 10.1. The molecule has 0 radical (unpaired) electrons. The van der Waals surface area contributed by atoms with Gasteiger partial charge in [0.2, 0.25) is 0 Å². The highest BCUT2D eigenvalue weighted by atomic mass is 16.6. The van der Waals surface area contributed by atoms with Crippen LogP contribution in [0, 0.1) is 0 Å². The quantitative estimate of drug-likeness (QED) is 0.208. The zero-order valence-electron chi connectivity index (χ0n) is 16.5. The van der Waals surface area contributed by atoms with Gasteiger partial charge in [0.05, 0.1) is 0 Å². The highest BCUT2D eigenvalue weighted by molar-refractivity contribution is 5.77. The summed E-state index contributed by atoms with van der Waals surface area (Å²) in [6.07, 6.45) is 22.2. The second-order valence-electron chi connectivity index (χ2n) is 6.33. The van der Waals surface area contributed by atoms with Crippen LogP contribution in [-0.2, 0) is 14.3 Å². The van der Waals surface area contributed by atoms with Gasteiger partial charge in [-0.15, -0.1) is 0 Å². The minimum atomic E-state index is -1.07. The van der Waals surface area contributed by atoms with Gasteiger partial charge in [-0.25, -0.2) is 4.79 Å². The number of hydrogen-bond acceptors (Lipinski definition) is 3. The van der Waals surface area contributed by atoms with Crippen LogP contribution in [0.3, 0.4) is 0 Å². The van der Waals surface area contributed by atoms with Crippen molar-refractivity contribution in [2.45, 2.75) is 90.6 Å². The normalized spacial score (nSPS) is 13.0. The topological polar surface area (TPSA) is 63.6 Å². The van der Waals surface area contributed by atoms with Gasteiger partial charge in [-0.3, -0.25) is 4.79 Å². The molecule has 4 heteroatoms. The number of unbranched alkanes of at least 4 members (excludes halogenated alkanes) is 5. The van der Waals surface area contributed by atoms with Gasteiger partial charge in [-0.05, 0) is 44.9 Å². The molecule has 0 heterocycles. The second-order valence-corrected chi connectivity index (χ2v) is 6.33. The van der Waals surface area contributed by atoms with Crippen LogP contribution in [0.4, 0.5) is 0 Å². The van der Waals surface area contributed by atoms with Crippen molar-refractivity contribution in [3.63, 3.8) is 0 Å². The molecular weight excluding hydrogens is 328 g/mol. The molecule has 148 valence electrons. The minimum absolute atomic E-state index is 0.306. The molecule has 0 fully saturated rings. The molecule has 4 nitrogen and oxygen atoms in total. The molecule has 0 aromatic heterocycles. The molecule has 0 bridgehead atoms. The van der Waals surface area contributed by atoms with Gasteiger partial charge in [-0.2, -0.15) is 0 Å². The van der Waals surface area contributed by atoms with E-state index in [1.807, 2.05) is 0 Å². The number of aliphatic carboxylic acids is 1. The van der Waals surface area contributed by atoms with Gasteiger partial charge in [0, 0.05) is 6.42 Å². The van der Waals surface area contributed by atoms with Crippen LogP contribution >= 0.6 is 0 Å². The van der Waals surface area contributed by atoms with Gasteiger partial charge in [0.15, 0.2) is 6.10 Å². The van der Waals surface area contributed by atoms with Gasteiger partial charge in [0.25, 0.3) is 0 Å². The Morgan fingerprint density at radius 2 is 1.42 bits per heavy atom. The van der Waals surface area contributed by atoms with Crippen molar-refractivity contribution in [2.24, 2.45) is 0 Å². The first-order valence-corrected chi connectivity index (χ1v) is 9.99. The second kappa shape index (κ2) is 18.0. The first-order valence-electron chi connectivity index (χ1n) is 9.99. The van der Waals surface area contributed by atoms with Crippen molar-refractivity contribution in [3.05, 3.63) is 36.5 Å². The Kier molecular flexibility index (Phi) is 16.7. The van der Waals surface area contributed by atoms with Gasteiger partial charge in [-0.1, -0.05) is 69.6 Å². The van der Waals surface area contributed by atoms with Gasteiger partial charge >= 0.3 is 11.9 Å². The van der Waals surface area contributed by atoms with Crippen LogP contribution in [-0.4, -0.2) is 23.1 Å². The van der Waals surface area contributed by atoms with Crippen LogP contribution in [0.1, 0.15) is 84.5 Å². The number of carbonyl (C=O) groups excluding carboxylic acids is 1. The molecule has 0 aromatic carbocycles. The highest BCUT2D eigenvalue weighted by Crippen LogP contribution is 2.09. The predicted molar refractivity (Wildman–Crippen MR) is 107 cm³/mol. The van der Waals surface area contributed by atoms with Crippen LogP contribution < -0.4 is 0 Å². The first-order chi connectivity index (χ1) is 12.6. The van der Waals surface area contributed by atoms with E-state index in [1.165, 1.54) is 6.42 Å². The van der Waals surface area contributed by atoms with Crippen molar-refractivity contribution in [2.75, 3.05) is 0 Å². The van der Waals surface area contributed by atoms with Crippen LogP contribution in [0.15, 0.2) is 36.5 Å². The highest BCUT2D eigenvalue weighted by Gasteiger charge is 2.19. The van der Waals surface area contributed by atoms with E-state index in [0.29, 0.717) is 12.8 Å². The lowest BCUT2D eigenvalue weighted by Gasteiger charge is -2.11. The van der Waals surface area contributed by atoms with E-state index in [9.17, 15) is 9.59 Å². The summed E-state index contributed by atoms with van der Waals surface area (Å²) in [4.78, 5) is 22.3. The number of hydrogen-bond donors (Lipinski definition) is 1. The number of carboxylic acids is 1. The molecule has 0 saturated heterocycles. The molecular formula is C22H36O4. The van der Waals surface area contributed by atoms with Crippen LogP contribution in [0.2, 0.25) is 0 Å². The molecule has 0 aromatic rings. The fourth-order valence-corrected chi connectivity index (χ4v) is 2.41. The van der Waals surface area contributed by atoms with Crippen molar-refractivity contribution >= 4 is 11.9 Å². The van der Waals surface area contributed by atoms with E-state index in [0.717, 1.165) is 51.4 Å². The molecule has 0 spiro atoms. The van der Waals surface area contributed by atoms with E-state index >= 15 is 0 Å². The third-order valence-corrected chi connectivity index (χ3v) is 3.95. The number of rotatable bonds is 16. The molecule has 0 saturated carbocycles. The molecule has 0 aliphatic rings. The van der Waals surface area contributed by atoms with E-state index in [2.05, 4.69) is 43.4 Å². The lowest BCUT2D eigenvalue weighted by Crippen LogP contribution is -2.26. The Balaban J connectivity index is 3.48. The van der Waals surface area contributed by atoms with E-state index in [4.69, 9.17) is 9.84 Å². The molecule has 0 aliphatic heterocycles. The summed E-state index contributed by atoms with van der Waals surface area (Å²) in [6, 6.07) is 0. The summed E-state index contributed by atoms with van der Waals surface area (Å²) in [5, 5.41) is 8.84. The van der Waals surface area contributed by atoms with Crippen molar-refractivity contribution in [1.82, 2.24) is 0 Å². The fourth-order valence-electron chi connectivity index (χ4n) is 2.41. The molecule has 1 N–H and O–H groups in total. The Hall–Kier alpha value is -1.84. The zero-order valence-corrected chi connectivity index (χ0v) is 16.5. The monoisotopic (exact) mass is 364 g/mol. The maximum Gasteiger partial charge on any atom is 0.345 e. The average Bonchev–Trinajstić information content (AvgIpc) is 2.62. The zero-order chi connectivity index (χ0) is 19.5. The Morgan fingerprint density at radius 1 is 0.846 bits per heavy atom. The molecule has 0 rings (SSSR count). The van der Waals surface area contributed by atoms with Gasteiger partial charge < -0.3 is 9.84 Å². The standard InChI is InChI=1S/C22H36O4/c1-3-5-6-7-8-9-10-11-12-13-14-15-16-17-18-19-21(23)26-20(4-2)22(24)25/h5-6,8-9,11-12,20H,3-4,7,10,13-19H2,1-2H3,(H,24,25)/b6-5-,9-8-,12-11-. The maximum atomic E-state index is 11.5. The summed E-state index contributed by atoms with van der Waals surface area (Å²) in [5.41, 5.74) is 0. The summed E-state index contributed by atoms with van der Waals surface area (Å²) >= 11 is 0. The largest absolute Gasteiger partial charge is 0.479 e. The Labute approximate surface area is 159 Å². The van der Waals surface area contributed by atoms with Crippen LogP contribution in [0.25, 0.3) is 0 Å². The SMILES string of the molecule is CC/C=C\C/C=C\C/C=C\CCCCCCCC(=O)OC(CC)C(=O)O. The number of esters is 1. The van der Waals surface area contributed by atoms with Crippen molar-refractivity contribution < 1.29 is 19.4 Å². The van der Waals surface area contributed by atoms with E-state index in [-0.39, 0.29) is 0 Å². The average molecular weight is 365 g/mol. The summed E-state index contributed by atoms with van der Waals surface area (Å²) < 4.78 is 4.92. The summed E-state index contributed by atoms with van der Waals surface area (Å²) in [5.74, 6) is -1.47. The molecule has 1 unspecified atom stereocenters. The summed E-state index contributed by atoms with van der Waals surface area (Å²) in [7, 11) is 0. The lowest BCUT2D eigenvalue weighted by molar-refractivity contribution is -0.164. The number of allylic oxidation sites excluding steroid dienone is 6. The fraction of sp³-hybridized carbons (Fsp3) is 0.636. The number of carboxylic acid groups (broad SMARTS) is 1. The smallest absolute Gasteiger partial charge is 0.345 e. The molecule has 26 heavy (non-hydrogen) atoms. The Morgan fingerprint density at radius 3 is 2.04 bits per heavy atom. The first kappa shape index (κ1) is 24.2. The van der Waals surface area contributed by atoms with Crippen LogP contribution in [0.5, 0.6) is 0 Å². The minimum Gasteiger partial charge on any atom is -0.479 e. The number of carbonyl (C=O) groups is 2. The predicted octanol–water partition coefficient (Wildman–Crippen LogP) is 5.98. The van der Waals surface area contributed by atoms with Crippen molar-refractivity contribution in [3.8, 4) is 0 Å². The molecule has 1 atom stereocenters. The third-order valence-electron chi connectivity index (χ3n) is 3.95. The molecule has 0 aliphatic carbocycles. The number of ether oxygens (including phenoxy) is 1. The third kappa shape index (κ3) is 15.7. The molecule has 0 amide bonds. The maximum absolute atomic E-state index is 11.5. The van der Waals surface area contributed by atoms with Gasteiger partial charge in [0.1, 0.15) is 0 Å². The Bertz CT molecular complexity index is 449.